The van der Waals surface area contributed by atoms with E-state index in [-0.39, 0.29) is 0 Å². The molecule has 0 amide bonds. The van der Waals surface area contributed by atoms with Crippen LogP contribution in [0.2, 0.25) is 6.04 Å². The quantitative estimate of drug-likeness (QED) is 0.484. The van der Waals surface area contributed by atoms with Gasteiger partial charge in [0.2, 0.25) is 0 Å². The minimum absolute atomic E-state index is 0.461. The van der Waals surface area contributed by atoms with Gasteiger partial charge in [-0.25, -0.2) is 0 Å². The summed E-state index contributed by atoms with van der Waals surface area (Å²) in [6.45, 7) is 7.43. The van der Waals surface area contributed by atoms with E-state index in [1.165, 1.54) is 6.21 Å². The molecule has 0 aliphatic carbocycles. The number of hydrogen-bond acceptors (Lipinski definition) is 4. The van der Waals surface area contributed by atoms with Crippen LogP contribution in [-0.2, 0) is 13.3 Å². The summed E-state index contributed by atoms with van der Waals surface area (Å²) in [4.78, 5) is 0. The molecule has 0 saturated carbocycles. The van der Waals surface area contributed by atoms with Crippen molar-refractivity contribution in [2.24, 2.45) is 0 Å². The van der Waals surface area contributed by atoms with Gasteiger partial charge in [0.25, 0.3) is 0 Å². The van der Waals surface area contributed by atoms with E-state index in [0.29, 0.717) is 25.9 Å². The SMILES string of the molecule is CCO[Si](CC=N)(OCC)OCC. The molecule has 0 rings (SSSR count). The summed E-state index contributed by atoms with van der Waals surface area (Å²) in [5.41, 5.74) is 0. The molecule has 0 saturated heterocycles. The van der Waals surface area contributed by atoms with Crippen molar-refractivity contribution in [3.05, 3.63) is 0 Å². The van der Waals surface area contributed by atoms with E-state index >= 15 is 0 Å². The lowest BCUT2D eigenvalue weighted by Crippen LogP contribution is -2.46. The second-order valence-electron chi connectivity index (χ2n) is 2.39. The third kappa shape index (κ3) is 4.52. The molecule has 0 aliphatic heterocycles. The Bertz CT molecular complexity index is 126. The third-order valence-corrected chi connectivity index (χ3v) is 4.33. The molecular formula is C8H19NO3Si. The molecule has 13 heavy (non-hydrogen) atoms. The lowest BCUT2D eigenvalue weighted by atomic mass is 10.9. The van der Waals surface area contributed by atoms with E-state index in [1.807, 2.05) is 20.8 Å². The molecule has 0 radical (unpaired) electrons. The average molecular weight is 205 g/mol. The number of rotatable bonds is 8. The zero-order valence-corrected chi connectivity index (χ0v) is 9.63. The monoisotopic (exact) mass is 205 g/mol. The summed E-state index contributed by atoms with van der Waals surface area (Å²) < 4.78 is 16.5. The Morgan fingerprint density at radius 1 is 1.00 bits per heavy atom. The highest BCUT2D eigenvalue weighted by molar-refractivity contribution is 6.63. The maximum atomic E-state index is 7.06. The first-order valence-corrected chi connectivity index (χ1v) is 6.58. The van der Waals surface area contributed by atoms with Crippen LogP contribution in [-0.4, -0.2) is 34.8 Å². The molecule has 1 N–H and O–H groups in total. The smallest absolute Gasteiger partial charge is 0.374 e. The normalized spacial score (nSPS) is 11.6. The van der Waals surface area contributed by atoms with E-state index in [2.05, 4.69) is 0 Å². The van der Waals surface area contributed by atoms with Gasteiger partial charge in [-0.05, 0) is 27.0 Å². The van der Waals surface area contributed by atoms with E-state index in [9.17, 15) is 0 Å². The number of hydrogen-bond donors (Lipinski definition) is 1. The lowest BCUT2D eigenvalue weighted by Gasteiger charge is -2.26. The Morgan fingerprint density at radius 2 is 1.38 bits per heavy atom. The molecule has 0 fully saturated rings. The summed E-state index contributed by atoms with van der Waals surface area (Å²) in [6.07, 6.45) is 1.30. The van der Waals surface area contributed by atoms with E-state index in [4.69, 9.17) is 18.7 Å². The summed E-state index contributed by atoms with van der Waals surface area (Å²) in [7, 11) is -2.54. The van der Waals surface area contributed by atoms with Crippen molar-refractivity contribution in [1.82, 2.24) is 0 Å². The van der Waals surface area contributed by atoms with Crippen molar-refractivity contribution in [3.8, 4) is 0 Å². The molecule has 0 unspecified atom stereocenters. The van der Waals surface area contributed by atoms with Crippen LogP contribution in [0.15, 0.2) is 0 Å². The Labute approximate surface area is 81.1 Å². The molecule has 0 atom stereocenters. The lowest BCUT2D eigenvalue weighted by molar-refractivity contribution is 0.0756. The fourth-order valence-electron chi connectivity index (χ4n) is 1.09. The Kier molecular flexibility index (Phi) is 7.07. The van der Waals surface area contributed by atoms with Crippen molar-refractivity contribution in [3.63, 3.8) is 0 Å². The molecule has 0 bridgehead atoms. The fraction of sp³-hybridized carbons (Fsp3) is 0.875. The second kappa shape index (κ2) is 7.20. The molecule has 0 aromatic rings. The summed E-state index contributed by atoms with van der Waals surface area (Å²) in [5.74, 6) is 0. The van der Waals surface area contributed by atoms with Crippen LogP contribution in [0, 0.1) is 5.41 Å². The zero-order chi connectivity index (χ0) is 10.2. The molecule has 4 nitrogen and oxygen atoms in total. The molecule has 5 heteroatoms. The molecule has 0 heterocycles. The first-order chi connectivity index (χ1) is 6.24. The molecule has 78 valence electrons. The summed E-state index contributed by atoms with van der Waals surface area (Å²) >= 11 is 0. The van der Waals surface area contributed by atoms with Crippen LogP contribution in [0.25, 0.3) is 0 Å². The summed E-state index contributed by atoms with van der Waals surface area (Å²) in [6, 6.07) is 0.461. The predicted octanol–water partition coefficient (Wildman–Crippen LogP) is 1.68. The van der Waals surface area contributed by atoms with Gasteiger partial charge < -0.3 is 18.7 Å². The van der Waals surface area contributed by atoms with Gasteiger partial charge in [-0.15, -0.1) is 0 Å². The zero-order valence-electron chi connectivity index (χ0n) is 8.63. The number of nitrogens with one attached hydrogen (secondary N) is 1. The van der Waals surface area contributed by atoms with Crippen molar-refractivity contribution >= 4 is 15.0 Å². The molecule has 0 aromatic carbocycles. The van der Waals surface area contributed by atoms with Crippen molar-refractivity contribution < 1.29 is 13.3 Å². The van der Waals surface area contributed by atoms with Crippen LogP contribution < -0.4 is 0 Å². The Balaban J connectivity index is 4.27. The van der Waals surface area contributed by atoms with Gasteiger partial charge in [0, 0.05) is 19.8 Å². The second-order valence-corrected chi connectivity index (χ2v) is 5.03. The van der Waals surface area contributed by atoms with E-state index in [1.54, 1.807) is 0 Å². The first kappa shape index (κ1) is 12.8. The van der Waals surface area contributed by atoms with Gasteiger partial charge in [0.1, 0.15) is 0 Å². The van der Waals surface area contributed by atoms with Crippen LogP contribution in [0.4, 0.5) is 0 Å². The fourth-order valence-corrected chi connectivity index (χ4v) is 3.26. The largest absolute Gasteiger partial charge is 0.506 e. The topological polar surface area (TPSA) is 51.5 Å². The maximum Gasteiger partial charge on any atom is 0.506 e. The van der Waals surface area contributed by atoms with Crippen molar-refractivity contribution in [2.75, 3.05) is 19.8 Å². The van der Waals surface area contributed by atoms with Crippen LogP contribution in [0.3, 0.4) is 0 Å². The van der Waals surface area contributed by atoms with Crippen LogP contribution >= 0.6 is 0 Å². The Morgan fingerprint density at radius 3 is 1.62 bits per heavy atom. The maximum absolute atomic E-state index is 7.06. The average Bonchev–Trinajstić information content (AvgIpc) is 2.06. The standard InChI is InChI=1S/C8H19NO3Si/c1-4-10-13(8-7-9,11-5-2)12-6-3/h7,9H,4-6,8H2,1-3H3. The highest BCUT2D eigenvalue weighted by Crippen LogP contribution is 2.13. The third-order valence-electron chi connectivity index (χ3n) is 1.44. The highest BCUT2D eigenvalue weighted by Gasteiger charge is 2.39. The van der Waals surface area contributed by atoms with Gasteiger partial charge in [0.15, 0.2) is 0 Å². The van der Waals surface area contributed by atoms with Gasteiger partial charge in [-0.3, -0.25) is 0 Å². The Hall–Kier alpha value is -0.233. The van der Waals surface area contributed by atoms with Gasteiger partial charge in [-0.2, -0.15) is 0 Å². The van der Waals surface area contributed by atoms with Crippen molar-refractivity contribution in [2.45, 2.75) is 26.8 Å². The van der Waals surface area contributed by atoms with Gasteiger partial charge >= 0.3 is 8.80 Å². The van der Waals surface area contributed by atoms with Gasteiger partial charge in [-0.1, -0.05) is 0 Å². The highest BCUT2D eigenvalue weighted by atomic mass is 28.4. The molecule has 0 aliphatic rings. The first-order valence-electron chi connectivity index (χ1n) is 4.65. The minimum Gasteiger partial charge on any atom is -0.374 e. The summed E-state index contributed by atoms with van der Waals surface area (Å²) in [5, 5.41) is 7.06. The van der Waals surface area contributed by atoms with Crippen LogP contribution in [0.1, 0.15) is 20.8 Å². The molecular weight excluding hydrogens is 186 g/mol. The van der Waals surface area contributed by atoms with E-state index < -0.39 is 8.80 Å². The molecule has 0 spiro atoms. The predicted molar refractivity (Wildman–Crippen MR) is 54.2 cm³/mol. The van der Waals surface area contributed by atoms with Crippen LogP contribution in [0.5, 0.6) is 0 Å². The van der Waals surface area contributed by atoms with Gasteiger partial charge in [0.05, 0.1) is 6.04 Å². The molecule has 0 aromatic heterocycles. The minimum atomic E-state index is -2.54. The van der Waals surface area contributed by atoms with E-state index in [0.717, 1.165) is 0 Å². The van der Waals surface area contributed by atoms with Crippen molar-refractivity contribution in [1.29, 1.82) is 5.41 Å².